The van der Waals surface area contributed by atoms with E-state index in [9.17, 15) is 0 Å². The minimum absolute atomic E-state index is 0.552. The van der Waals surface area contributed by atoms with Gasteiger partial charge in [0, 0.05) is 25.7 Å². The maximum absolute atomic E-state index is 5.55. The molecule has 1 heterocycles. The van der Waals surface area contributed by atoms with Crippen molar-refractivity contribution in [1.82, 2.24) is 14.8 Å². The number of hydrogen-bond acceptors (Lipinski definition) is 4. The van der Waals surface area contributed by atoms with Gasteiger partial charge in [-0.2, -0.15) is 5.10 Å². The van der Waals surface area contributed by atoms with Crippen molar-refractivity contribution in [3.63, 3.8) is 0 Å². The number of anilines is 1. The summed E-state index contributed by atoms with van der Waals surface area (Å²) >= 11 is 5.47. The van der Waals surface area contributed by atoms with Crippen LogP contribution < -0.4 is 9.64 Å². The fourth-order valence-electron chi connectivity index (χ4n) is 2.84. The number of aryl methyl sites for hydroxylation is 1. The first kappa shape index (κ1) is 20.7. The Morgan fingerprint density at radius 3 is 2.52 bits per heavy atom. The summed E-state index contributed by atoms with van der Waals surface area (Å²) in [5.74, 6) is 1.58. The zero-order valence-electron chi connectivity index (χ0n) is 16.9. The van der Waals surface area contributed by atoms with Crippen molar-refractivity contribution >= 4 is 17.9 Å². The number of aromatic amines is 1. The van der Waals surface area contributed by atoms with E-state index in [4.69, 9.17) is 17.0 Å². The zero-order chi connectivity index (χ0) is 20.0. The van der Waals surface area contributed by atoms with Gasteiger partial charge in [-0.05, 0) is 42.4 Å². The van der Waals surface area contributed by atoms with Gasteiger partial charge in [-0.15, -0.1) is 0 Å². The van der Waals surface area contributed by atoms with Crippen LogP contribution in [0.4, 0.5) is 5.69 Å². The minimum Gasteiger partial charge on any atom is -0.495 e. The van der Waals surface area contributed by atoms with E-state index >= 15 is 0 Å². The largest absolute Gasteiger partial charge is 0.495 e. The molecule has 0 atom stereocenters. The van der Waals surface area contributed by atoms with Crippen LogP contribution in [0, 0.1) is 4.77 Å². The number of hydrogen-bond donors (Lipinski definition) is 1. The van der Waals surface area contributed by atoms with E-state index in [0.717, 1.165) is 34.9 Å². The predicted molar refractivity (Wildman–Crippen MR) is 116 cm³/mol. The second kappa shape index (κ2) is 9.37. The third-order valence-corrected chi connectivity index (χ3v) is 4.44. The molecule has 0 saturated carbocycles. The van der Waals surface area contributed by atoms with Crippen LogP contribution in [-0.2, 0) is 6.42 Å². The molecule has 0 amide bonds. The van der Waals surface area contributed by atoms with E-state index in [1.165, 1.54) is 5.56 Å². The smallest absolute Gasteiger partial charge is 0.200 e. The van der Waals surface area contributed by atoms with Crippen molar-refractivity contribution in [1.29, 1.82) is 0 Å². The maximum Gasteiger partial charge on any atom is 0.200 e. The molecule has 0 aliphatic rings. The zero-order valence-corrected chi connectivity index (χ0v) is 17.7. The SMILES string of the molecule is CC.CCc1cccc(-c2n[nH]c(=S)n2-c2ccc(N(C)C)c(OC)c2)c1. The van der Waals surface area contributed by atoms with Gasteiger partial charge in [0.2, 0.25) is 0 Å². The van der Waals surface area contributed by atoms with Crippen molar-refractivity contribution in [2.75, 3.05) is 26.1 Å². The highest BCUT2D eigenvalue weighted by atomic mass is 32.1. The van der Waals surface area contributed by atoms with E-state index in [1.54, 1.807) is 7.11 Å². The predicted octanol–water partition coefficient (Wildman–Crippen LogP) is 5.26. The van der Waals surface area contributed by atoms with Crippen molar-refractivity contribution in [2.45, 2.75) is 27.2 Å². The summed E-state index contributed by atoms with van der Waals surface area (Å²) in [6, 6.07) is 14.4. The molecule has 0 bridgehead atoms. The molecule has 6 heteroatoms. The van der Waals surface area contributed by atoms with Gasteiger partial charge in [0.1, 0.15) is 5.75 Å². The van der Waals surface area contributed by atoms with Gasteiger partial charge in [-0.25, -0.2) is 0 Å². The normalized spacial score (nSPS) is 10.1. The number of nitrogens with one attached hydrogen (secondary N) is 1. The first-order valence-corrected chi connectivity index (χ1v) is 9.58. The lowest BCUT2D eigenvalue weighted by Crippen LogP contribution is -2.10. The fourth-order valence-corrected chi connectivity index (χ4v) is 3.07. The molecule has 1 aromatic heterocycles. The summed E-state index contributed by atoms with van der Waals surface area (Å²) in [5.41, 5.74) is 4.22. The molecule has 0 unspecified atom stereocenters. The highest BCUT2D eigenvalue weighted by Crippen LogP contribution is 2.31. The van der Waals surface area contributed by atoms with Crippen LogP contribution >= 0.6 is 12.2 Å². The molecule has 2 aromatic carbocycles. The number of H-pyrrole nitrogens is 1. The average molecular weight is 385 g/mol. The maximum atomic E-state index is 5.55. The van der Waals surface area contributed by atoms with Crippen LogP contribution in [0.25, 0.3) is 17.1 Å². The first-order chi connectivity index (χ1) is 13.0. The number of benzene rings is 2. The Morgan fingerprint density at radius 1 is 1.15 bits per heavy atom. The van der Waals surface area contributed by atoms with Gasteiger partial charge in [0.05, 0.1) is 18.5 Å². The van der Waals surface area contributed by atoms with Gasteiger partial charge < -0.3 is 9.64 Å². The molecule has 3 aromatic rings. The van der Waals surface area contributed by atoms with E-state index < -0.39 is 0 Å². The molecule has 0 aliphatic carbocycles. The number of nitrogens with zero attached hydrogens (tertiary/aromatic N) is 3. The quantitative estimate of drug-likeness (QED) is 0.610. The summed E-state index contributed by atoms with van der Waals surface area (Å²) in [4.78, 5) is 2.02. The Morgan fingerprint density at radius 2 is 1.89 bits per heavy atom. The molecule has 0 fully saturated rings. The summed E-state index contributed by atoms with van der Waals surface area (Å²) in [7, 11) is 5.65. The van der Waals surface area contributed by atoms with E-state index in [0.29, 0.717) is 4.77 Å². The Bertz CT molecular complexity index is 943. The molecule has 27 heavy (non-hydrogen) atoms. The van der Waals surface area contributed by atoms with Crippen LogP contribution in [-0.4, -0.2) is 36.0 Å². The third kappa shape index (κ3) is 4.39. The molecule has 144 valence electrons. The lowest BCUT2D eigenvalue weighted by atomic mass is 10.1. The molecular formula is C21H28N4OS. The molecule has 0 saturated heterocycles. The van der Waals surface area contributed by atoms with Gasteiger partial charge in [-0.1, -0.05) is 39.0 Å². The number of methoxy groups -OCH3 is 1. The highest BCUT2D eigenvalue weighted by Gasteiger charge is 2.14. The minimum atomic E-state index is 0.552. The monoisotopic (exact) mass is 384 g/mol. The van der Waals surface area contributed by atoms with Crippen molar-refractivity contribution in [3.8, 4) is 22.8 Å². The first-order valence-electron chi connectivity index (χ1n) is 9.17. The van der Waals surface area contributed by atoms with Crippen LogP contribution in [0.15, 0.2) is 42.5 Å². The van der Waals surface area contributed by atoms with Gasteiger partial charge >= 0.3 is 0 Å². The summed E-state index contributed by atoms with van der Waals surface area (Å²) in [5, 5.41) is 7.36. The summed E-state index contributed by atoms with van der Waals surface area (Å²) in [6.45, 7) is 6.14. The van der Waals surface area contributed by atoms with Crippen LogP contribution in [0.3, 0.4) is 0 Å². The van der Waals surface area contributed by atoms with Crippen molar-refractivity contribution in [2.24, 2.45) is 0 Å². The summed E-state index contributed by atoms with van der Waals surface area (Å²) in [6.07, 6.45) is 0.977. The molecule has 0 spiro atoms. The topological polar surface area (TPSA) is 46.1 Å². The van der Waals surface area contributed by atoms with E-state index in [-0.39, 0.29) is 0 Å². The van der Waals surface area contributed by atoms with E-state index in [1.807, 2.05) is 67.7 Å². The molecule has 0 radical (unpaired) electrons. The Balaban J connectivity index is 0.00000126. The number of aromatic nitrogens is 3. The van der Waals surface area contributed by atoms with Crippen LogP contribution in [0.5, 0.6) is 5.75 Å². The van der Waals surface area contributed by atoms with Crippen molar-refractivity contribution in [3.05, 3.63) is 52.8 Å². The molecule has 5 nitrogen and oxygen atoms in total. The molecule has 1 N–H and O–H groups in total. The highest BCUT2D eigenvalue weighted by molar-refractivity contribution is 7.71. The second-order valence-corrected chi connectivity index (χ2v) is 6.38. The molecular weight excluding hydrogens is 356 g/mol. The van der Waals surface area contributed by atoms with Gasteiger partial charge in [-0.3, -0.25) is 9.67 Å². The third-order valence-electron chi connectivity index (χ3n) is 4.17. The summed E-state index contributed by atoms with van der Waals surface area (Å²) < 4.78 is 8.04. The Labute approximate surface area is 166 Å². The van der Waals surface area contributed by atoms with Crippen molar-refractivity contribution < 1.29 is 4.74 Å². The van der Waals surface area contributed by atoms with Gasteiger partial charge in [0.25, 0.3) is 0 Å². The number of ether oxygens (including phenoxy) is 1. The molecule has 0 aliphatic heterocycles. The van der Waals surface area contributed by atoms with Crippen LogP contribution in [0.1, 0.15) is 26.3 Å². The average Bonchev–Trinajstić information content (AvgIpc) is 3.10. The Hall–Kier alpha value is -2.60. The number of rotatable bonds is 5. The second-order valence-electron chi connectivity index (χ2n) is 5.99. The van der Waals surface area contributed by atoms with Gasteiger partial charge in [0.15, 0.2) is 10.6 Å². The molecule has 3 rings (SSSR count). The van der Waals surface area contributed by atoms with E-state index in [2.05, 4.69) is 29.3 Å². The van der Waals surface area contributed by atoms with Crippen LogP contribution in [0.2, 0.25) is 0 Å². The lowest BCUT2D eigenvalue weighted by molar-refractivity contribution is 0.415. The lowest BCUT2D eigenvalue weighted by Gasteiger charge is -2.18. The fraction of sp³-hybridized carbons (Fsp3) is 0.333. The Kier molecular flexibility index (Phi) is 7.19. The standard InChI is InChI=1S/C19H22N4OS.C2H6/c1-5-13-7-6-8-14(11-13)18-20-21-19(25)23(18)15-9-10-16(22(2)3)17(12-15)24-4;1-2/h6-12H,5H2,1-4H3,(H,21,25);1-2H3.